The lowest BCUT2D eigenvalue weighted by molar-refractivity contribution is 0.230. The second-order valence-electron chi connectivity index (χ2n) is 4.22. The van der Waals surface area contributed by atoms with Crippen molar-refractivity contribution in [2.45, 2.75) is 13.5 Å². The van der Waals surface area contributed by atoms with Crippen molar-refractivity contribution in [2.24, 2.45) is 0 Å². The Morgan fingerprint density at radius 1 is 1.38 bits per heavy atom. The lowest BCUT2D eigenvalue weighted by atomic mass is 10.1. The molecule has 1 saturated heterocycles. The smallest absolute Gasteiger partial charge is 0.124 e. The number of rotatable bonds is 2. The molecule has 0 atom stereocenters. The molecule has 2 rings (SSSR count). The SMILES string of the molecule is Cc1ccc(Br)c(CN2CCNCC2)c1O. The normalized spacial score (nSPS) is 17.6. The van der Waals surface area contributed by atoms with Crippen molar-refractivity contribution in [2.75, 3.05) is 26.2 Å². The van der Waals surface area contributed by atoms with E-state index >= 15 is 0 Å². The minimum absolute atomic E-state index is 0.424. The third kappa shape index (κ3) is 2.56. The average Bonchev–Trinajstić information content (AvgIpc) is 2.31. The Balaban J connectivity index is 2.16. The Morgan fingerprint density at radius 2 is 2.06 bits per heavy atom. The van der Waals surface area contributed by atoms with Crippen LogP contribution in [0.25, 0.3) is 0 Å². The number of halogens is 1. The van der Waals surface area contributed by atoms with Gasteiger partial charge in [0.15, 0.2) is 0 Å². The minimum Gasteiger partial charge on any atom is -0.507 e. The standard InChI is InChI=1S/C12H17BrN2O/c1-9-2-3-11(13)10(12(9)16)8-15-6-4-14-5-7-15/h2-3,14,16H,4-8H2,1H3. The predicted octanol–water partition coefficient (Wildman–Crippen LogP) is 1.87. The lowest BCUT2D eigenvalue weighted by Crippen LogP contribution is -2.42. The topological polar surface area (TPSA) is 35.5 Å². The first-order valence-corrected chi connectivity index (χ1v) is 6.38. The zero-order valence-corrected chi connectivity index (χ0v) is 11.0. The van der Waals surface area contributed by atoms with Crippen LogP contribution in [0.4, 0.5) is 0 Å². The van der Waals surface area contributed by atoms with Crippen LogP contribution in [0.15, 0.2) is 16.6 Å². The second-order valence-corrected chi connectivity index (χ2v) is 5.07. The molecule has 0 amide bonds. The second kappa shape index (κ2) is 5.17. The Morgan fingerprint density at radius 3 is 2.75 bits per heavy atom. The Kier molecular flexibility index (Phi) is 3.84. The molecule has 1 aromatic carbocycles. The first-order valence-electron chi connectivity index (χ1n) is 5.58. The zero-order valence-electron chi connectivity index (χ0n) is 9.46. The van der Waals surface area contributed by atoms with Crippen LogP contribution >= 0.6 is 15.9 Å². The number of benzene rings is 1. The van der Waals surface area contributed by atoms with Crippen molar-refractivity contribution in [3.05, 3.63) is 27.7 Å². The monoisotopic (exact) mass is 284 g/mol. The molecule has 3 nitrogen and oxygen atoms in total. The molecular formula is C12H17BrN2O. The fraction of sp³-hybridized carbons (Fsp3) is 0.500. The maximum Gasteiger partial charge on any atom is 0.124 e. The van der Waals surface area contributed by atoms with Crippen LogP contribution in [0.5, 0.6) is 5.75 Å². The number of hydrogen-bond donors (Lipinski definition) is 2. The highest BCUT2D eigenvalue weighted by Gasteiger charge is 2.15. The van der Waals surface area contributed by atoms with Crippen LogP contribution in [0.2, 0.25) is 0 Å². The third-order valence-electron chi connectivity index (χ3n) is 3.02. The first-order chi connectivity index (χ1) is 7.68. The van der Waals surface area contributed by atoms with Crippen molar-refractivity contribution >= 4 is 15.9 Å². The van der Waals surface area contributed by atoms with Gasteiger partial charge in [0, 0.05) is 42.8 Å². The number of nitrogens with zero attached hydrogens (tertiary/aromatic N) is 1. The summed E-state index contributed by atoms with van der Waals surface area (Å²) in [4.78, 5) is 2.36. The van der Waals surface area contributed by atoms with Gasteiger partial charge in [0.05, 0.1) is 0 Å². The molecule has 0 spiro atoms. The summed E-state index contributed by atoms with van der Waals surface area (Å²) in [6.07, 6.45) is 0. The number of aryl methyl sites for hydroxylation is 1. The summed E-state index contributed by atoms with van der Waals surface area (Å²) in [6, 6.07) is 3.94. The van der Waals surface area contributed by atoms with E-state index in [-0.39, 0.29) is 0 Å². The molecule has 2 N–H and O–H groups in total. The maximum atomic E-state index is 10.0. The highest BCUT2D eigenvalue weighted by atomic mass is 79.9. The number of piperazine rings is 1. The molecule has 0 bridgehead atoms. The molecule has 16 heavy (non-hydrogen) atoms. The van der Waals surface area contributed by atoms with Gasteiger partial charge in [0.1, 0.15) is 5.75 Å². The number of phenols is 1. The van der Waals surface area contributed by atoms with Crippen LogP contribution in [-0.4, -0.2) is 36.2 Å². The molecule has 1 aliphatic rings. The summed E-state index contributed by atoms with van der Waals surface area (Å²) in [6.45, 7) is 6.90. The van der Waals surface area contributed by atoms with Gasteiger partial charge >= 0.3 is 0 Å². The molecule has 0 aliphatic carbocycles. The number of phenolic OH excluding ortho intramolecular Hbond substituents is 1. The van der Waals surface area contributed by atoms with Gasteiger partial charge in [0.25, 0.3) is 0 Å². The van der Waals surface area contributed by atoms with E-state index in [9.17, 15) is 5.11 Å². The zero-order chi connectivity index (χ0) is 11.5. The summed E-state index contributed by atoms with van der Waals surface area (Å²) in [5, 5.41) is 13.4. The molecule has 0 radical (unpaired) electrons. The summed E-state index contributed by atoms with van der Waals surface area (Å²) in [7, 11) is 0. The molecule has 1 aliphatic heterocycles. The van der Waals surface area contributed by atoms with Crippen molar-refractivity contribution < 1.29 is 5.11 Å². The Bertz CT molecular complexity index is 376. The third-order valence-corrected chi connectivity index (χ3v) is 3.76. The van der Waals surface area contributed by atoms with E-state index in [1.165, 1.54) is 0 Å². The van der Waals surface area contributed by atoms with Gasteiger partial charge in [0.2, 0.25) is 0 Å². The van der Waals surface area contributed by atoms with Crippen molar-refractivity contribution in [3.8, 4) is 5.75 Å². The maximum absolute atomic E-state index is 10.0. The number of aromatic hydroxyl groups is 1. The molecule has 1 aromatic rings. The van der Waals surface area contributed by atoms with E-state index in [4.69, 9.17) is 0 Å². The molecular weight excluding hydrogens is 268 g/mol. The summed E-state index contributed by atoms with van der Waals surface area (Å²) in [5.41, 5.74) is 1.94. The van der Waals surface area contributed by atoms with Crippen molar-refractivity contribution in [3.63, 3.8) is 0 Å². The van der Waals surface area contributed by atoms with Crippen LogP contribution in [0, 0.1) is 6.92 Å². The summed E-state index contributed by atoms with van der Waals surface area (Å²) in [5.74, 6) is 0.424. The molecule has 0 unspecified atom stereocenters. The fourth-order valence-electron chi connectivity index (χ4n) is 1.97. The van der Waals surface area contributed by atoms with Gasteiger partial charge in [-0.1, -0.05) is 22.0 Å². The van der Waals surface area contributed by atoms with Crippen molar-refractivity contribution in [1.82, 2.24) is 10.2 Å². The van der Waals surface area contributed by atoms with Crippen LogP contribution in [0.3, 0.4) is 0 Å². The van der Waals surface area contributed by atoms with E-state index in [2.05, 4.69) is 26.1 Å². The molecule has 0 aromatic heterocycles. The largest absolute Gasteiger partial charge is 0.507 e. The average molecular weight is 285 g/mol. The Labute approximate surface area is 105 Å². The van der Waals surface area contributed by atoms with Gasteiger partial charge in [-0.2, -0.15) is 0 Å². The molecule has 4 heteroatoms. The van der Waals surface area contributed by atoms with Gasteiger partial charge in [-0.25, -0.2) is 0 Å². The quantitative estimate of drug-likeness (QED) is 0.870. The summed E-state index contributed by atoms with van der Waals surface area (Å²) < 4.78 is 0.995. The molecule has 0 saturated carbocycles. The summed E-state index contributed by atoms with van der Waals surface area (Å²) >= 11 is 3.51. The van der Waals surface area contributed by atoms with E-state index in [0.29, 0.717) is 5.75 Å². The molecule has 1 fully saturated rings. The van der Waals surface area contributed by atoms with Crippen molar-refractivity contribution in [1.29, 1.82) is 0 Å². The minimum atomic E-state index is 0.424. The van der Waals surface area contributed by atoms with Crippen LogP contribution in [0.1, 0.15) is 11.1 Å². The first kappa shape index (κ1) is 11.9. The van der Waals surface area contributed by atoms with Crippen LogP contribution in [-0.2, 0) is 6.54 Å². The van der Waals surface area contributed by atoms with E-state index < -0.39 is 0 Å². The predicted molar refractivity (Wildman–Crippen MR) is 68.7 cm³/mol. The van der Waals surface area contributed by atoms with Gasteiger partial charge in [-0.3, -0.25) is 4.90 Å². The van der Waals surface area contributed by atoms with Crippen LogP contribution < -0.4 is 5.32 Å². The van der Waals surface area contributed by atoms with Gasteiger partial charge < -0.3 is 10.4 Å². The number of nitrogens with one attached hydrogen (secondary N) is 1. The molecule has 1 heterocycles. The van der Waals surface area contributed by atoms with E-state index in [1.54, 1.807) is 0 Å². The van der Waals surface area contributed by atoms with E-state index in [1.807, 2.05) is 19.1 Å². The number of hydrogen-bond acceptors (Lipinski definition) is 3. The molecule has 88 valence electrons. The van der Waals surface area contributed by atoms with E-state index in [0.717, 1.165) is 48.3 Å². The highest BCUT2D eigenvalue weighted by molar-refractivity contribution is 9.10. The van der Waals surface area contributed by atoms with Gasteiger partial charge in [-0.05, 0) is 18.6 Å². The lowest BCUT2D eigenvalue weighted by Gasteiger charge is -2.28. The highest BCUT2D eigenvalue weighted by Crippen LogP contribution is 2.30. The Hall–Kier alpha value is -0.580. The fourth-order valence-corrected chi connectivity index (χ4v) is 2.42. The van der Waals surface area contributed by atoms with Gasteiger partial charge in [-0.15, -0.1) is 0 Å².